The summed E-state index contributed by atoms with van der Waals surface area (Å²) in [4.78, 5) is 0. The predicted molar refractivity (Wildman–Crippen MR) is 10.4 cm³/mol. The van der Waals surface area contributed by atoms with Gasteiger partial charge in [-0.25, -0.2) is 0 Å². The van der Waals surface area contributed by atoms with E-state index >= 15 is 0 Å². The van der Waals surface area contributed by atoms with Crippen LogP contribution in [0.4, 0.5) is 0 Å². The summed E-state index contributed by atoms with van der Waals surface area (Å²) in [5.41, 5.74) is 0. The topological polar surface area (TPSA) is 79.7 Å². The Labute approximate surface area is 128 Å². The number of hydrogen-bond donors (Lipinski definition) is 0. The van der Waals surface area contributed by atoms with Crippen molar-refractivity contribution in [3.63, 3.8) is 0 Å². The Kier molecular flexibility index (Phi) is 51.3. The molecule has 4 nitrogen and oxygen atoms in total. The molecule has 0 aromatic heterocycles. The van der Waals surface area contributed by atoms with Crippen LogP contribution in [0.3, 0.4) is 0 Å². The van der Waals surface area contributed by atoms with Crippen molar-refractivity contribution < 1.29 is 121 Å². The van der Waals surface area contributed by atoms with Crippen molar-refractivity contribution >= 4 is 10.6 Å². The van der Waals surface area contributed by atoms with Gasteiger partial charge in [0, 0.05) is 0 Å². The van der Waals surface area contributed by atoms with Crippen LogP contribution >= 0.6 is 0 Å². The van der Waals surface area contributed by atoms with Gasteiger partial charge in [0.1, 0.15) is 0 Å². The van der Waals surface area contributed by atoms with E-state index in [0.717, 1.165) is 0 Å². The molecule has 0 aliphatic carbocycles. The summed E-state index contributed by atoms with van der Waals surface area (Å²) in [5.74, 6) is 0. The van der Waals surface area contributed by atoms with E-state index < -0.39 is 10.6 Å². The fourth-order valence-corrected chi connectivity index (χ4v) is 0. The van der Waals surface area contributed by atoms with E-state index in [1.165, 1.54) is 0 Å². The molecule has 0 N–H and O–H groups in total. The van der Waals surface area contributed by atoms with Crippen molar-refractivity contribution in [2.45, 2.75) is 0 Å². The Morgan fingerprint density at radius 2 is 0.857 bits per heavy atom. The van der Waals surface area contributed by atoms with Crippen LogP contribution < -0.4 is 103 Å². The van der Waals surface area contributed by atoms with Crippen molar-refractivity contribution in [3.05, 3.63) is 0 Å². The SMILES string of the molecule is O=S(=O)=O.[K+].[K+].[O-2]. The zero-order chi connectivity index (χ0) is 3.58. The van der Waals surface area contributed by atoms with E-state index in [-0.39, 0.29) is 108 Å². The summed E-state index contributed by atoms with van der Waals surface area (Å²) in [6.45, 7) is 0. The molecule has 0 aliphatic rings. The van der Waals surface area contributed by atoms with E-state index in [2.05, 4.69) is 0 Å². The molecule has 0 aromatic rings. The van der Waals surface area contributed by atoms with Gasteiger partial charge in [-0.3, -0.25) is 0 Å². The molecule has 0 saturated carbocycles. The van der Waals surface area contributed by atoms with Gasteiger partial charge in [-0.15, -0.1) is 12.6 Å². The molecule has 0 aliphatic heterocycles. The zero-order valence-corrected chi connectivity index (χ0v) is 11.1. The zero-order valence-electron chi connectivity index (χ0n) is 4.04. The largest absolute Gasteiger partial charge is 2.00 e. The van der Waals surface area contributed by atoms with Crippen molar-refractivity contribution in [2.24, 2.45) is 0 Å². The van der Waals surface area contributed by atoms with Gasteiger partial charge in [-0.05, 0) is 0 Å². The molecule has 0 amide bonds. The van der Waals surface area contributed by atoms with Crippen molar-refractivity contribution in [3.8, 4) is 0 Å². The minimum atomic E-state index is -3.11. The second kappa shape index (κ2) is 15.9. The van der Waals surface area contributed by atoms with E-state index in [1.54, 1.807) is 0 Å². The average molecular weight is 174 g/mol. The maximum Gasteiger partial charge on any atom is 1.00 e. The quantitative estimate of drug-likeness (QED) is 0.342. The monoisotopic (exact) mass is 174 g/mol. The summed E-state index contributed by atoms with van der Waals surface area (Å²) in [5, 5.41) is 0. The van der Waals surface area contributed by atoms with Crippen molar-refractivity contribution in [1.29, 1.82) is 0 Å². The third kappa shape index (κ3) is 51.1. The summed E-state index contributed by atoms with van der Waals surface area (Å²) < 4.78 is 25.3. The van der Waals surface area contributed by atoms with Crippen molar-refractivity contribution in [1.82, 2.24) is 0 Å². The first-order valence-electron chi connectivity index (χ1n) is 0.500. The molecule has 32 valence electrons. The van der Waals surface area contributed by atoms with Crippen LogP contribution in [0, 0.1) is 0 Å². The average Bonchev–Trinajstić information content (AvgIpc) is 0.811. The van der Waals surface area contributed by atoms with Crippen LogP contribution in [-0.4, -0.2) is 12.6 Å². The van der Waals surface area contributed by atoms with Gasteiger partial charge in [0.15, 0.2) is 0 Å². The van der Waals surface area contributed by atoms with Gasteiger partial charge in [0.2, 0.25) is 0 Å². The number of hydrogen-bond acceptors (Lipinski definition) is 3. The van der Waals surface area contributed by atoms with Crippen LogP contribution in [0.2, 0.25) is 0 Å². The second-order valence-corrected chi connectivity index (χ2v) is 0.612. The smallest absolute Gasteiger partial charge is 1.00 e. The first-order chi connectivity index (χ1) is 1.73. The third-order valence-corrected chi connectivity index (χ3v) is 0. The first kappa shape index (κ1) is 22.5. The number of rotatable bonds is 0. The van der Waals surface area contributed by atoms with Crippen LogP contribution in [-0.2, 0) is 16.1 Å². The van der Waals surface area contributed by atoms with Gasteiger partial charge in [-0.2, -0.15) is 0 Å². The Morgan fingerprint density at radius 1 is 0.857 bits per heavy atom. The standard InChI is InChI=1S/2K.O3S.O/c;;1-4(2)3;/q2*+1;;-2. The molecule has 7 heteroatoms. The summed E-state index contributed by atoms with van der Waals surface area (Å²) in [6, 6.07) is 0. The van der Waals surface area contributed by atoms with Gasteiger partial charge in [0.05, 0.1) is 0 Å². The molecule has 0 atom stereocenters. The van der Waals surface area contributed by atoms with E-state index in [0.29, 0.717) is 0 Å². The molecule has 0 unspecified atom stereocenters. The Morgan fingerprint density at radius 3 is 0.857 bits per heavy atom. The molecule has 0 heterocycles. The van der Waals surface area contributed by atoms with Crippen LogP contribution in [0.25, 0.3) is 0 Å². The molecule has 0 rings (SSSR count). The molecule has 0 aromatic carbocycles. The van der Waals surface area contributed by atoms with Crippen LogP contribution in [0.15, 0.2) is 0 Å². The summed E-state index contributed by atoms with van der Waals surface area (Å²) in [7, 11) is -3.11. The maximum absolute atomic E-state index is 8.44. The Hall–Kier alpha value is 2.85. The van der Waals surface area contributed by atoms with Gasteiger partial charge in [0.25, 0.3) is 0 Å². The van der Waals surface area contributed by atoms with E-state index in [9.17, 15) is 0 Å². The normalized spacial score (nSPS) is 3.43. The van der Waals surface area contributed by atoms with Gasteiger partial charge >= 0.3 is 113 Å². The Bertz CT molecular complexity index is 79.1. The maximum atomic E-state index is 8.44. The fourth-order valence-electron chi connectivity index (χ4n) is 0. The Balaban J connectivity index is -0.0000000150. The molecule has 0 fully saturated rings. The molecule has 0 spiro atoms. The molecular formula is K2O4S. The molecule has 0 radical (unpaired) electrons. The predicted octanol–water partition coefficient (Wildman–Crippen LogP) is -7.11. The molecule has 0 bridgehead atoms. The molecule has 0 saturated heterocycles. The second-order valence-electron chi connectivity index (χ2n) is 0.204. The molecular weight excluding hydrogens is 174 g/mol. The van der Waals surface area contributed by atoms with Crippen LogP contribution in [0.1, 0.15) is 0 Å². The molecule has 7 heavy (non-hydrogen) atoms. The van der Waals surface area contributed by atoms with E-state index in [4.69, 9.17) is 12.6 Å². The third-order valence-electron chi connectivity index (χ3n) is 0. The summed E-state index contributed by atoms with van der Waals surface area (Å²) in [6.07, 6.45) is 0. The minimum Gasteiger partial charge on any atom is -2.00 e. The fraction of sp³-hybridized carbons (Fsp3) is 0. The minimum absolute atomic E-state index is 0. The van der Waals surface area contributed by atoms with E-state index in [1.807, 2.05) is 0 Å². The van der Waals surface area contributed by atoms with Gasteiger partial charge in [-0.1, -0.05) is 0 Å². The van der Waals surface area contributed by atoms with Crippen molar-refractivity contribution in [2.75, 3.05) is 0 Å². The van der Waals surface area contributed by atoms with Gasteiger partial charge < -0.3 is 5.48 Å². The van der Waals surface area contributed by atoms with Crippen LogP contribution in [0.5, 0.6) is 0 Å². The first-order valence-corrected chi connectivity index (χ1v) is 1.50. The summed E-state index contributed by atoms with van der Waals surface area (Å²) >= 11 is 0.